The van der Waals surface area contributed by atoms with E-state index < -0.39 is 0 Å². The van der Waals surface area contributed by atoms with E-state index in [1.54, 1.807) is 0 Å². The summed E-state index contributed by atoms with van der Waals surface area (Å²) in [4.78, 5) is 2.31. The molecule has 12 heavy (non-hydrogen) atoms. The number of hydrogen-bond donors (Lipinski definition) is 1. The van der Waals surface area contributed by atoms with Crippen LogP contribution in [0.3, 0.4) is 0 Å². The molecule has 4 heteroatoms. The van der Waals surface area contributed by atoms with Gasteiger partial charge in [-0.3, -0.25) is 9.38 Å². The summed E-state index contributed by atoms with van der Waals surface area (Å²) in [6, 6.07) is 0. The highest BCUT2D eigenvalue weighted by atomic mass is 79.9. The van der Waals surface area contributed by atoms with Crippen molar-refractivity contribution in [3.05, 3.63) is 0 Å². The summed E-state index contributed by atoms with van der Waals surface area (Å²) < 4.78 is 0.810. The highest BCUT2D eigenvalue weighted by Crippen LogP contribution is 2.11. The second-order valence-electron chi connectivity index (χ2n) is 3.86. The van der Waals surface area contributed by atoms with Gasteiger partial charge in [-0.05, 0) is 7.05 Å². The van der Waals surface area contributed by atoms with Crippen LogP contribution in [0.1, 0.15) is 6.92 Å². The van der Waals surface area contributed by atoms with Crippen LogP contribution >= 0.6 is 0 Å². The number of quaternary nitrogens is 1. The molecular formula is C8H19BrN2O. The van der Waals surface area contributed by atoms with Crippen LogP contribution in [0.15, 0.2) is 0 Å². The van der Waals surface area contributed by atoms with Crippen LogP contribution in [-0.4, -0.2) is 61.0 Å². The van der Waals surface area contributed by atoms with Crippen molar-refractivity contribution in [1.82, 2.24) is 4.90 Å². The van der Waals surface area contributed by atoms with Crippen LogP contribution < -0.4 is 17.0 Å². The van der Waals surface area contributed by atoms with E-state index in [0.717, 1.165) is 30.7 Å². The highest BCUT2D eigenvalue weighted by Gasteiger charge is 2.31. The monoisotopic (exact) mass is 238 g/mol. The Morgan fingerprint density at radius 3 is 2.08 bits per heavy atom. The van der Waals surface area contributed by atoms with E-state index in [4.69, 9.17) is 0 Å². The minimum Gasteiger partial charge on any atom is -1.00 e. The Morgan fingerprint density at radius 2 is 1.75 bits per heavy atom. The van der Waals surface area contributed by atoms with Gasteiger partial charge in [0.15, 0.2) is 6.23 Å². The maximum atomic E-state index is 9.48. The molecule has 1 fully saturated rings. The van der Waals surface area contributed by atoms with Gasteiger partial charge in [0.25, 0.3) is 0 Å². The molecule has 0 aromatic heterocycles. The first-order valence-electron chi connectivity index (χ1n) is 4.25. The summed E-state index contributed by atoms with van der Waals surface area (Å²) in [7, 11) is 4.25. The largest absolute Gasteiger partial charge is 1.00 e. The van der Waals surface area contributed by atoms with E-state index in [9.17, 15) is 5.11 Å². The van der Waals surface area contributed by atoms with E-state index in [0.29, 0.717) is 0 Å². The van der Waals surface area contributed by atoms with E-state index in [-0.39, 0.29) is 23.2 Å². The number of piperazine rings is 1. The van der Waals surface area contributed by atoms with Crippen molar-refractivity contribution in [1.29, 1.82) is 0 Å². The number of rotatable bonds is 1. The molecule has 0 spiro atoms. The lowest BCUT2D eigenvalue weighted by atomic mass is 10.2. The summed E-state index contributed by atoms with van der Waals surface area (Å²) >= 11 is 0. The van der Waals surface area contributed by atoms with E-state index in [1.165, 1.54) is 0 Å². The molecule has 1 heterocycles. The molecule has 1 unspecified atom stereocenters. The molecule has 1 rings (SSSR count). The summed E-state index contributed by atoms with van der Waals surface area (Å²) in [5.74, 6) is 0. The summed E-state index contributed by atoms with van der Waals surface area (Å²) in [6.07, 6.45) is -0.219. The Balaban J connectivity index is 0.00000121. The summed E-state index contributed by atoms with van der Waals surface area (Å²) in [6.45, 7) is 6.20. The van der Waals surface area contributed by atoms with Gasteiger partial charge in [-0.25, -0.2) is 0 Å². The number of aliphatic hydroxyl groups is 1. The quantitative estimate of drug-likeness (QED) is 0.485. The second kappa shape index (κ2) is 4.56. The molecule has 0 bridgehead atoms. The zero-order chi connectivity index (χ0) is 8.48. The average molecular weight is 239 g/mol. The first-order chi connectivity index (χ1) is 5.04. The van der Waals surface area contributed by atoms with Gasteiger partial charge in [0, 0.05) is 20.0 Å². The van der Waals surface area contributed by atoms with Crippen LogP contribution in [0.5, 0.6) is 0 Å². The van der Waals surface area contributed by atoms with Gasteiger partial charge in [-0.2, -0.15) is 0 Å². The number of nitrogens with zero attached hydrogens (tertiary/aromatic N) is 2. The predicted octanol–water partition coefficient (Wildman–Crippen LogP) is -3.28. The van der Waals surface area contributed by atoms with E-state index in [1.807, 2.05) is 6.92 Å². The third kappa shape index (κ3) is 2.69. The van der Waals surface area contributed by atoms with Crippen molar-refractivity contribution in [3.63, 3.8) is 0 Å². The van der Waals surface area contributed by atoms with Gasteiger partial charge >= 0.3 is 0 Å². The molecule has 1 saturated heterocycles. The molecule has 0 aromatic carbocycles. The molecule has 1 aliphatic rings. The second-order valence-corrected chi connectivity index (χ2v) is 3.86. The van der Waals surface area contributed by atoms with Crippen LogP contribution in [0.4, 0.5) is 0 Å². The Hall–Kier alpha value is 0.360. The molecule has 1 atom stereocenters. The zero-order valence-electron chi connectivity index (χ0n) is 8.13. The van der Waals surface area contributed by atoms with Crippen LogP contribution in [0, 0.1) is 0 Å². The zero-order valence-corrected chi connectivity index (χ0v) is 9.71. The van der Waals surface area contributed by atoms with Crippen molar-refractivity contribution in [2.45, 2.75) is 13.2 Å². The fourth-order valence-electron chi connectivity index (χ4n) is 1.40. The SMILES string of the molecule is CC(O)[N+]1(C)CCN(C)CC1.[Br-]. The lowest BCUT2D eigenvalue weighted by Crippen LogP contribution is -3.00. The maximum absolute atomic E-state index is 9.48. The van der Waals surface area contributed by atoms with Crippen molar-refractivity contribution in [2.75, 3.05) is 40.3 Å². The summed E-state index contributed by atoms with van der Waals surface area (Å²) in [5.41, 5.74) is 0. The number of halogens is 1. The Bertz CT molecular complexity index is 133. The normalized spacial score (nSPS) is 26.0. The first-order valence-corrected chi connectivity index (χ1v) is 4.25. The smallest absolute Gasteiger partial charge is 0.187 e. The maximum Gasteiger partial charge on any atom is 0.187 e. The molecule has 0 aromatic rings. The minimum atomic E-state index is -0.219. The lowest BCUT2D eigenvalue weighted by Gasteiger charge is -2.42. The van der Waals surface area contributed by atoms with Crippen molar-refractivity contribution in [3.8, 4) is 0 Å². The average Bonchev–Trinajstić information content (AvgIpc) is 1.95. The molecule has 0 saturated carbocycles. The fraction of sp³-hybridized carbons (Fsp3) is 1.00. The number of hydrogen-bond acceptors (Lipinski definition) is 2. The van der Waals surface area contributed by atoms with E-state index in [2.05, 4.69) is 19.0 Å². The standard InChI is InChI=1S/C8H19N2O.BrH/c1-8(11)10(3)6-4-9(2)5-7-10;/h8,11H,4-7H2,1-3H3;1H/q+1;/p-1. The van der Waals surface area contributed by atoms with Crippen LogP contribution in [0.2, 0.25) is 0 Å². The predicted molar refractivity (Wildman–Crippen MR) is 45.1 cm³/mol. The van der Waals surface area contributed by atoms with Crippen LogP contribution in [-0.2, 0) is 0 Å². The third-order valence-electron chi connectivity index (χ3n) is 2.89. The van der Waals surface area contributed by atoms with Crippen molar-refractivity contribution >= 4 is 0 Å². The number of likely N-dealkylation sites (N-methyl/N-ethyl adjacent to an activating group) is 2. The molecule has 0 aliphatic carbocycles. The Morgan fingerprint density at radius 1 is 1.33 bits per heavy atom. The fourth-order valence-corrected chi connectivity index (χ4v) is 1.40. The van der Waals surface area contributed by atoms with Gasteiger partial charge in [-0.15, -0.1) is 0 Å². The van der Waals surface area contributed by atoms with Gasteiger partial charge in [0.2, 0.25) is 0 Å². The molecule has 0 amide bonds. The number of aliphatic hydroxyl groups excluding tert-OH is 1. The Kier molecular flexibility index (Phi) is 4.69. The van der Waals surface area contributed by atoms with Crippen molar-refractivity contribution < 1.29 is 26.6 Å². The third-order valence-corrected chi connectivity index (χ3v) is 2.89. The van der Waals surface area contributed by atoms with Gasteiger partial charge in [0.1, 0.15) is 0 Å². The molecule has 3 nitrogen and oxygen atoms in total. The van der Waals surface area contributed by atoms with Crippen molar-refractivity contribution in [2.24, 2.45) is 0 Å². The van der Waals surface area contributed by atoms with Gasteiger partial charge in [0.05, 0.1) is 20.1 Å². The lowest BCUT2D eigenvalue weighted by molar-refractivity contribution is -0.955. The Labute approximate surface area is 85.3 Å². The first kappa shape index (κ1) is 12.4. The summed E-state index contributed by atoms with van der Waals surface area (Å²) in [5, 5.41) is 9.48. The van der Waals surface area contributed by atoms with Gasteiger partial charge < -0.3 is 22.1 Å². The minimum absolute atomic E-state index is 0. The molecule has 0 radical (unpaired) electrons. The topological polar surface area (TPSA) is 23.5 Å². The van der Waals surface area contributed by atoms with Gasteiger partial charge in [-0.1, -0.05) is 0 Å². The van der Waals surface area contributed by atoms with Crippen LogP contribution in [0.25, 0.3) is 0 Å². The molecular weight excluding hydrogens is 220 g/mol. The van der Waals surface area contributed by atoms with E-state index >= 15 is 0 Å². The molecule has 1 aliphatic heterocycles. The molecule has 1 N–H and O–H groups in total. The molecule has 74 valence electrons. The highest BCUT2D eigenvalue weighted by molar-refractivity contribution is 4.58.